The highest BCUT2D eigenvalue weighted by Crippen LogP contribution is 2.34. The van der Waals surface area contributed by atoms with Crippen LogP contribution in [0.15, 0.2) is 30.5 Å². The Balaban J connectivity index is 1.74. The molecule has 1 unspecified atom stereocenters. The fourth-order valence-corrected chi connectivity index (χ4v) is 3.15. The monoisotopic (exact) mass is 396 g/mol. The number of fused-ring (bicyclic) bond motifs is 1. The number of carbonyl (C=O) groups excluding carboxylic acids is 3. The standard InChI is InChI=1S/C21H24N4O4/c1-3-5-16(19(27)24-21(13-22)9-10-21)23-18(26)15-6-7-17-14(12-15)8-11-25(17)20(28)29-4-2/h6-8,11-12,16H,3-5,9-10H2,1-2H3,(H,23,26)(H,24,27). The fourth-order valence-electron chi connectivity index (χ4n) is 3.15. The summed E-state index contributed by atoms with van der Waals surface area (Å²) < 4.78 is 6.39. The number of rotatable bonds is 7. The Morgan fingerprint density at radius 3 is 2.66 bits per heavy atom. The summed E-state index contributed by atoms with van der Waals surface area (Å²) in [6.07, 6.45) is 3.56. The van der Waals surface area contributed by atoms with Crippen LogP contribution in [0.1, 0.15) is 49.9 Å². The molecule has 8 heteroatoms. The Bertz CT molecular complexity index is 984. The van der Waals surface area contributed by atoms with E-state index in [0.29, 0.717) is 42.1 Å². The summed E-state index contributed by atoms with van der Waals surface area (Å²) in [4.78, 5) is 37.2. The molecule has 1 aliphatic carbocycles. The van der Waals surface area contributed by atoms with Gasteiger partial charge in [-0.25, -0.2) is 4.79 Å². The highest BCUT2D eigenvalue weighted by atomic mass is 16.5. The molecule has 2 aromatic rings. The number of nitriles is 1. The van der Waals surface area contributed by atoms with Gasteiger partial charge in [-0.3, -0.25) is 14.2 Å². The van der Waals surface area contributed by atoms with E-state index >= 15 is 0 Å². The van der Waals surface area contributed by atoms with Gasteiger partial charge < -0.3 is 15.4 Å². The van der Waals surface area contributed by atoms with Crippen LogP contribution in [0, 0.1) is 11.3 Å². The molecule has 1 aliphatic rings. The molecule has 0 radical (unpaired) electrons. The molecule has 0 bridgehead atoms. The summed E-state index contributed by atoms with van der Waals surface area (Å²) in [5.74, 6) is -0.722. The average Bonchev–Trinajstić information content (AvgIpc) is 3.35. The fraction of sp³-hybridized carbons (Fsp3) is 0.429. The smallest absolute Gasteiger partial charge is 0.418 e. The Morgan fingerprint density at radius 2 is 2.03 bits per heavy atom. The zero-order chi connectivity index (χ0) is 21.0. The van der Waals surface area contributed by atoms with Crippen molar-refractivity contribution >= 4 is 28.8 Å². The molecular weight excluding hydrogens is 372 g/mol. The minimum absolute atomic E-state index is 0.271. The van der Waals surface area contributed by atoms with Crippen molar-refractivity contribution in [2.75, 3.05) is 6.61 Å². The van der Waals surface area contributed by atoms with Gasteiger partial charge in [-0.1, -0.05) is 13.3 Å². The number of carbonyl (C=O) groups is 3. The van der Waals surface area contributed by atoms with Gasteiger partial charge in [-0.15, -0.1) is 0 Å². The second kappa shape index (κ2) is 8.35. The van der Waals surface area contributed by atoms with Crippen LogP contribution in [0.5, 0.6) is 0 Å². The van der Waals surface area contributed by atoms with Gasteiger partial charge in [0, 0.05) is 17.1 Å². The molecule has 29 heavy (non-hydrogen) atoms. The van der Waals surface area contributed by atoms with Gasteiger partial charge in [0.2, 0.25) is 5.91 Å². The molecule has 1 fully saturated rings. The second-order valence-corrected chi connectivity index (χ2v) is 7.16. The number of nitrogens with one attached hydrogen (secondary N) is 2. The molecule has 0 saturated heterocycles. The van der Waals surface area contributed by atoms with Crippen LogP contribution in [0.3, 0.4) is 0 Å². The number of amides is 2. The zero-order valence-electron chi connectivity index (χ0n) is 16.5. The Hall–Kier alpha value is -3.34. The lowest BCUT2D eigenvalue weighted by molar-refractivity contribution is -0.123. The Morgan fingerprint density at radius 1 is 1.28 bits per heavy atom. The zero-order valence-corrected chi connectivity index (χ0v) is 16.5. The summed E-state index contributed by atoms with van der Waals surface area (Å²) in [6, 6.07) is 8.08. The number of hydrogen-bond acceptors (Lipinski definition) is 5. The molecule has 1 saturated carbocycles. The SMILES string of the molecule is CCCC(NC(=O)c1ccc2c(ccn2C(=O)OCC)c1)C(=O)NC1(C#N)CC1. The minimum atomic E-state index is -0.775. The van der Waals surface area contributed by atoms with Gasteiger partial charge in [-0.05, 0) is 50.5 Å². The first-order chi connectivity index (χ1) is 13.9. The molecule has 1 heterocycles. The number of ether oxygens (including phenoxy) is 1. The predicted octanol–water partition coefficient (Wildman–Crippen LogP) is 2.72. The minimum Gasteiger partial charge on any atom is -0.449 e. The van der Waals surface area contributed by atoms with Crippen LogP contribution >= 0.6 is 0 Å². The van der Waals surface area contributed by atoms with E-state index in [1.807, 2.05) is 6.92 Å². The van der Waals surface area contributed by atoms with Crippen LogP contribution in [-0.2, 0) is 9.53 Å². The van der Waals surface area contributed by atoms with Crippen LogP contribution in [-0.4, -0.2) is 40.7 Å². The molecule has 8 nitrogen and oxygen atoms in total. The van der Waals surface area contributed by atoms with Crippen LogP contribution in [0.25, 0.3) is 10.9 Å². The predicted molar refractivity (Wildman–Crippen MR) is 106 cm³/mol. The van der Waals surface area contributed by atoms with Crippen molar-refractivity contribution in [3.63, 3.8) is 0 Å². The normalized spacial score (nSPS) is 15.2. The van der Waals surface area contributed by atoms with Gasteiger partial charge in [0.05, 0.1) is 18.2 Å². The third-order valence-electron chi connectivity index (χ3n) is 4.94. The van der Waals surface area contributed by atoms with Crippen molar-refractivity contribution in [2.45, 2.75) is 51.1 Å². The molecule has 1 atom stereocenters. The lowest BCUT2D eigenvalue weighted by atomic mass is 10.1. The molecule has 2 amide bonds. The van der Waals surface area contributed by atoms with Crippen molar-refractivity contribution < 1.29 is 19.1 Å². The molecule has 1 aromatic heterocycles. The van der Waals surface area contributed by atoms with Crippen molar-refractivity contribution in [3.8, 4) is 6.07 Å². The summed E-state index contributed by atoms with van der Waals surface area (Å²) in [5, 5.41) is 15.4. The summed E-state index contributed by atoms with van der Waals surface area (Å²) in [5.41, 5.74) is 0.241. The molecular formula is C21H24N4O4. The maximum absolute atomic E-state index is 12.7. The molecule has 3 rings (SSSR count). The molecule has 152 valence electrons. The van der Waals surface area contributed by atoms with Crippen molar-refractivity contribution in [1.82, 2.24) is 15.2 Å². The number of aromatic nitrogens is 1. The van der Waals surface area contributed by atoms with Crippen LogP contribution in [0.4, 0.5) is 4.79 Å². The molecule has 2 N–H and O–H groups in total. The third kappa shape index (κ3) is 4.40. The van der Waals surface area contributed by atoms with Crippen molar-refractivity contribution in [2.24, 2.45) is 0 Å². The van der Waals surface area contributed by atoms with Gasteiger partial charge in [-0.2, -0.15) is 5.26 Å². The van der Waals surface area contributed by atoms with Crippen LogP contribution < -0.4 is 10.6 Å². The lowest BCUT2D eigenvalue weighted by Crippen LogP contribution is -2.50. The first-order valence-electron chi connectivity index (χ1n) is 9.75. The first kappa shape index (κ1) is 20.4. The number of benzene rings is 1. The third-order valence-corrected chi connectivity index (χ3v) is 4.94. The summed E-state index contributed by atoms with van der Waals surface area (Å²) in [7, 11) is 0. The van der Waals surface area contributed by atoms with E-state index in [0.717, 1.165) is 0 Å². The maximum atomic E-state index is 12.7. The maximum Gasteiger partial charge on any atom is 0.418 e. The number of hydrogen-bond donors (Lipinski definition) is 2. The first-order valence-corrected chi connectivity index (χ1v) is 9.75. The molecule has 1 aromatic carbocycles. The van der Waals surface area contributed by atoms with Crippen LogP contribution in [0.2, 0.25) is 0 Å². The van der Waals surface area contributed by atoms with Gasteiger partial charge >= 0.3 is 6.09 Å². The van der Waals surface area contributed by atoms with Crippen molar-refractivity contribution in [3.05, 3.63) is 36.0 Å². The van der Waals surface area contributed by atoms with E-state index < -0.39 is 17.7 Å². The van der Waals surface area contributed by atoms with Gasteiger partial charge in [0.15, 0.2) is 0 Å². The van der Waals surface area contributed by atoms with Gasteiger partial charge in [0.25, 0.3) is 5.91 Å². The van der Waals surface area contributed by atoms with E-state index in [1.165, 1.54) is 4.57 Å². The highest BCUT2D eigenvalue weighted by molar-refractivity contribution is 6.01. The summed E-state index contributed by atoms with van der Waals surface area (Å²) >= 11 is 0. The average molecular weight is 396 g/mol. The van der Waals surface area contributed by atoms with E-state index in [2.05, 4.69) is 16.7 Å². The Kier molecular flexibility index (Phi) is 5.87. The quantitative estimate of drug-likeness (QED) is 0.747. The topological polar surface area (TPSA) is 113 Å². The summed E-state index contributed by atoms with van der Waals surface area (Å²) in [6.45, 7) is 3.93. The Labute approximate surface area is 168 Å². The van der Waals surface area contributed by atoms with E-state index in [9.17, 15) is 14.4 Å². The second-order valence-electron chi connectivity index (χ2n) is 7.16. The van der Waals surface area contributed by atoms with Gasteiger partial charge in [0.1, 0.15) is 11.6 Å². The molecule has 0 spiro atoms. The lowest BCUT2D eigenvalue weighted by Gasteiger charge is -2.19. The largest absolute Gasteiger partial charge is 0.449 e. The van der Waals surface area contributed by atoms with Crippen molar-refractivity contribution in [1.29, 1.82) is 5.26 Å². The number of nitrogens with zero attached hydrogens (tertiary/aromatic N) is 2. The van der Waals surface area contributed by atoms with E-state index in [-0.39, 0.29) is 18.4 Å². The van der Waals surface area contributed by atoms with E-state index in [1.54, 1.807) is 37.4 Å². The molecule has 0 aliphatic heterocycles. The van der Waals surface area contributed by atoms with E-state index in [4.69, 9.17) is 10.00 Å². The highest BCUT2D eigenvalue weighted by Gasteiger charge is 2.45.